The van der Waals surface area contributed by atoms with E-state index in [1.807, 2.05) is 0 Å². The number of carboxylic acid groups (broad SMARTS) is 1. The van der Waals surface area contributed by atoms with Crippen molar-refractivity contribution in [2.75, 3.05) is 19.7 Å². The molecule has 0 radical (unpaired) electrons. The van der Waals surface area contributed by atoms with Gasteiger partial charge >= 0.3 is 5.97 Å². The molecule has 0 saturated carbocycles. The molecule has 1 atom stereocenters. The molecule has 0 spiro atoms. The summed E-state index contributed by atoms with van der Waals surface area (Å²) in [6.45, 7) is 1.43. The molecule has 0 aliphatic carbocycles. The van der Waals surface area contributed by atoms with E-state index in [9.17, 15) is 9.59 Å². The molecule has 1 rings (SSSR count). The molecule has 0 aromatic carbocycles. The van der Waals surface area contributed by atoms with Gasteiger partial charge in [-0.05, 0) is 12.8 Å². The van der Waals surface area contributed by atoms with E-state index < -0.39 is 5.97 Å². The van der Waals surface area contributed by atoms with Gasteiger partial charge in [-0.25, -0.2) is 0 Å². The van der Waals surface area contributed by atoms with E-state index in [2.05, 4.69) is 0 Å². The van der Waals surface area contributed by atoms with Gasteiger partial charge in [-0.2, -0.15) is 0 Å². The van der Waals surface area contributed by atoms with Crippen LogP contribution in [0.4, 0.5) is 0 Å². The molecule has 1 amide bonds. The Morgan fingerprint density at radius 3 is 2.60 bits per heavy atom. The number of hydrogen-bond acceptors (Lipinski definition) is 3. The van der Waals surface area contributed by atoms with Gasteiger partial charge in [0.25, 0.3) is 0 Å². The summed E-state index contributed by atoms with van der Waals surface area (Å²) in [7, 11) is 0. The lowest BCUT2D eigenvalue weighted by molar-refractivity contribution is -0.137. The number of aliphatic carboxylic acids is 1. The van der Waals surface area contributed by atoms with Crippen LogP contribution in [0.15, 0.2) is 0 Å². The highest BCUT2D eigenvalue weighted by Crippen LogP contribution is 2.16. The Hall–Kier alpha value is -1.10. The average molecular weight is 215 g/mol. The Morgan fingerprint density at radius 2 is 2.07 bits per heavy atom. The van der Waals surface area contributed by atoms with Gasteiger partial charge in [0.15, 0.2) is 0 Å². The second kappa shape index (κ2) is 5.70. The summed E-state index contributed by atoms with van der Waals surface area (Å²) >= 11 is 0. The predicted octanol–water partition coefficient (Wildman–Crippen LogP) is 0.0821. The SMILES string of the molecule is O=C(O)CCCC(=O)N1CCC(CO)C1. The van der Waals surface area contributed by atoms with Gasteiger partial charge in [0.1, 0.15) is 0 Å². The molecule has 2 N–H and O–H groups in total. The molecule has 1 aliphatic heterocycles. The number of aliphatic hydroxyl groups excluding tert-OH is 1. The van der Waals surface area contributed by atoms with Crippen LogP contribution in [0.3, 0.4) is 0 Å². The Bertz CT molecular complexity index is 242. The Kier molecular flexibility index (Phi) is 4.55. The number of carbonyl (C=O) groups excluding carboxylic acids is 1. The standard InChI is InChI=1S/C10H17NO4/c12-7-8-4-5-11(6-8)9(13)2-1-3-10(14)15/h8,12H,1-7H2,(H,14,15). The molecule has 1 fully saturated rings. The van der Waals surface area contributed by atoms with Gasteiger partial charge in [0, 0.05) is 38.5 Å². The van der Waals surface area contributed by atoms with Crippen molar-refractivity contribution in [1.82, 2.24) is 4.90 Å². The molecule has 15 heavy (non-hydrogen) atoms. The van der Waals surface area contributed by atoms with Crippen molar-refractivity contribution < 1.29 is 19.8 Å². The highest BCUT2D eigenvalue weighted by Gasteiger charge is 2.25. The van der Waals surface area contributed by atoms with Gasteiger partial charge in [0.2, 0.25) is 5.91 Å². The Labute approximate surface area is 88.7 Å². The quantitative estimate of drug-likeness (QED) is 0.681. The molecule has 5 heteroatoms. The molecule has 0 bridgehead atoms. The van der Waals surface area contributed by atoms with Crippen molar-refractivity contribution in [3.05, 3.63) is 0 Å². The van der Waals surface area contributed by atoms with Crippen molar-refractivity contribution in [3.63, 3.8) is 0 Å². The first-order chi connectivity index (χ1) is 7.13. The molecule has 86 valence electrons. The molecule has 1 saturated heterocycles. The summed E-state index contributed by atoms with van der Waals surface area (Å²) < 4.78 is 0. The number of hydrogen-bond donors (Lipinski definition) is 2. The number of aliphatic hydroxyl groups is 1. The third-order valence-corrected chi connectivity index (χ3v) is 2.68. The van der Waals surface area contributed by atoms with Crippen molar-refractivity contribution in [1.29, 1.82) is 0 Å². The summed E-state index contributed by atoms with van der Waals surface area (Å²) in [6, 6.07) is 0. The number of nitrogens with zero attached hydrogens (tertiary/aromatic N) is 1. The van der Waals surface area contributed by atoms with Gasteiger partial charge < -0.3 is 15.1 Å². The van der Waals surface area contributed by atoms with E-state index >= 15 is 0 Å². The van der Waals surface area contributed by atoms with Crippen LogP contribution in [0.5, 0.6) is 0 Å². The van der Waals surface area contributed by atoms with Crippen LogP contribution in [0.25, 0.3) is 0 Å². The lowest BCUT2D eigenvalue weighted by Gasteiger charge is -2.15. The van der Waals surface area contributed by atoms with Gasteiger partial charge in [-0.3, -0.25) is 9.59 Å². The third kappa shape index (κ3) is 3.87. The first-order valence-electron chi connectivity index (χ1n) is 5.24. The van der Waals surface area contributed by atoms with E-state index in [-0.39, 0.29) is 24.9 Å². The Balaban J connectivity index is 2.20. The fourth-order valence-electron chi connectivity index (χ4n) is 1.76. The molecular weight excluding hydrogens is 198 g/mol. The molecule has 1 aliphatic rings. The van der Waals surface area contributed by atoms with Crippen LogP contribution in [0.1, 0.15) is 25.7 Å². The maximum atomic E-state index is 11.5. The van der Waals surface area contributed by atoms with Crippen molar-refractivity contribution in [2.24, 2.45) is 5.92 Å². The summed E-state index contributed by atoms with van der Waals surface area (Å²) in [6.07, 6.45) is 1.59. The zero-order valence-electron chi connectivity index (χ0n) is 8.69. The predicted molar refractivity (Wildman–Crippen MR) is 53.3 cm³/mol. The zero-order valence-corrected chi connectivity index (χ0v) is 8.69. The zero-order chi connectivity index (χ0) is 11.3. The molecule has 0 aromatic heterocycles. The monoisotopic (exact) mass is 215 g/mol. The summed E-state index contributed by atoms with van der Waals surface area (Å²) in [5.74, 6) is -0.655. The van der Waals surface area contributed by atoms with E-state index in [0.717, 1.165) is 6.42 Å². The number of amides is 1. The van der Waals surface area contributed by atoms with Crippen LogP contribution >= 0.6 is 0 Å². The second-order valence-corrected chi connectivity index (χ2v) is 3.92. The first kappa shape index (κ1) is 12.0. The number of rotatable bonds is 5. The summed E-state index contributed by atoms with van der Waals surface area (Å²) in [4.78, 5) is 23.5. The lowest BCUT2D eigenvalue weighted by atomic mass is 10.1. The minimum absolute atomic E-state index is 0.00667. The fourth-order valence-corrected chi connectivity index (χ4v) is 1.76. The number of carboxylic acids is 1. The highest BCUT2D eigenvalue weighted by molar-refractivity contribution is 5.77. The Morgan fingerprint density at radius 1 is 1.33 bits per heavy atom. The average Bonchev–Trinajstić information content (AvgIpc) is 2.65. The molecule has 1 heterocycles. The number of carbonyl (C=O) groups is 2. The summed E-state index contributed by atoms with van der Waals surface area (Å²) in [5.41, 5.74) is 0. The van der Waals surface area contributed by atoms with Gasteiger partial charge in [-0.1, -0.05) is 0 Å². The van der Waals surface area contributed by atoms with E-state index in [0.29, 0.717) is 25.9 Å². The normalized spacial score (nSPS) is 20.6. The highest BCUT2D eigenvalue weighted by atomic mass is 16.4. The molecule has 1 unspecified atom stereocenters. The van der Waals surface area contributed by atoms with E-state index in [4.69, 9.17) is 10.2 Å². The summed E-state index contributed by atoms with van der Waals surface area (Å²) in [5, 5.41) is 17.3. The van der Waals surface area contributed by atoms with E-state index in [1.165, 1.54) is 0 Å². The minimum Gasteiger partial charge on any atom is -0.481 e. The molecule has 0 aromatic rings. The van der Waals surface area contributed by atoms with Gasteiger partial charge in [0.05, 0.1) is 0 Å². The second-order valence-electron chi connectivity index (χ2n) is 3.92. The van der Waals surface area contributed by atoms with Crippen molar-refractivity contribution in [3.8, 4) is 0 Å². The van der Waals surface area contributed by atoms with Crippen LogP contribution in [-0.4, -0.2) is 46.7 Å². The first-order valence-corrected chi connectivity index (χ1v) is 5.24. The van der Waals surface area contributed by atoms with Crippen LogP contribution in [-0.2, 0) is 9.59 Å². The van der Waals surface area contributed by atoms with Gasteiger partial charge in [-0.15, -0.1) is 0 Å². The fraction of sp³-hybridized carbons (Fsp3) is 0.800. The smallest absolute Gasteiger partial charge is 0.303 e. The molecular formula is C10H17NO4. The molecule has 5 nitrogen and oxygen atoms in total. The van der Waals surface area contributed by atoms with Crippen LogP contribution < -0.4 is 0 Å². The van der Waals surface area contributed by atoms with E-state index in [1.54, 1.807) is 4.90 Å². The third-order valence-electron chi connectivity index (χ3n) is 2.68. The lowest BCUT2D eigenvalue weighted by Crippen LogP contribution is -2.28. The largest absolute Gasteiger partial charge is 0.481 e. The number of likely N-dealkylation sites (tertiary alicyclic amines) is 1. The van der Waals surface area contributed by atoms with Crippen LogP contribution in [0, 0.1) is 5.92 Å². The maximum Gasteiger partial charge on any atom is 0.303 e. The maximum absolute atomic E-state index is 11.5. The van der Waals surface area contributed by atoms with Crippen molar-refractivity contribution >= 4 is 11.9 Å². The topological polar surface area (TPSA) is 77.8 Å². The van der Waals surface area contributed by atoms with Crippen LogP contribution in [0.2, 0.25) is 0 Å². The van der Waals surface area contributed by atoms with Crippen molar-refractivity contribution in [2.45, 2.75) is 25.7 Å². The minimum atomic E-state index is -0.863.